The van der Waals surface area contributed by atoms with Crippen molar-refractivity contribution in [2.75, 3.05) is 6.54 Å². The fourth-order valence-electron chi connectivity index (χ4n) is 1.29. The minimum Gasteiger partial charge on any atom is -0.306 e. The molecule has 82 valence electrons. The zero-order chi connectivity index (χ0) is 11.3. The van der Waals surface area contributed by atoms with E-state index >= 15 is 0 Å². The molecule has 0 fully saturated rings. The summed E-state index contributed by atoms with van der Waals surface area (Å²) in [5.41, 5.74) is 2.49. The summed E-state index contributed by atoms with van der Waals surface area (Å²) >= 11 is 5.83. The van der Waals surface area contributed by atoms with E-state index in [1.54, 1.807) is 0 Å². The average molecular weight is 224 g/mol. The number of halogens is 1. The molecule has 1 rings (SSSR count). The Kier molecular flexibility index (Phi) is 4.86. The molecule has 15 heavy (non-hydrogen) atoms. The molecule has 1 nitrogen and oxygen atoms in total. The molecule has 0 saturated carbocycles. The topological polar surface area (TPSA) is 12.0 Å². The van der Waals surface area contributed by atoms with Crippen LogP contribution in [-0.4, -0.2) is 6.54 Å². The van der Waals surface area contributed by atoms with Gasteiger partial charge in [-0.05, 0) is 31.0 Å². The predicted molar refractivity (Wildman–Crippen MR) is 67.3 cm³/mol. The standard InChI is InChI=1S/C13H18ClN/c1-4-10(2)9-15-11(3)12-5-7-13(14)8-6-12/h5-8,11,15H,2,4,9H2,1,3H3/t11-/m1/s1. The Morgan fingerprint density at radius 3 is 2.53 bits per heavy atom. The lowest BCUT2D eigenvalue weighted by atomic mass is 10.1. The van der Waals surface area contributed by atoms with E-state index in [-0.39, 0.29) is 0 Å². The molecule has 1 aromatic rings. The number of benzene rings is 1. The van der Waals surface area contributed by atoms with Gasteiger partial charge in [-0.2, -0.15) is 0 Å². The van der Waals surface area contributed by atoms with E-state index in [4.69, 9.17) is 11.6 Å². The van der Waals surface area contributed by atoms with Crippen LogP contribution in [0.15, 0.2) is 36.4 Å². The van der Waals surface area contributed by atoms with Crippen LogP contribution < -0.4 is 5.32 Å². The maximum Gasteiger partial charge on any atom is 0.0406 e. The fourth-order valence-corrected chi connectivity index (χ4v) is 1.42. The molecule has 1 N–H and O–H groups in total. The number of rotatable bonds is 5. The van der Waals surface area contributed by atoms with E-state index in [1.807, 2.05) is 12.1 Å². The predicted octanol–water partition coefficient (Wildman–Crippen LogP) is 3.96. The zero-order valence-electron chi connectivity index (χ0n) is 9.39. The molecule has 0 heterocycles. The summed E-state index contributed by atoms with van der Waals surface area (Å²) in [6, 6.07) is 8.28. The van der Waals surface area contributed by atoms with E-state index in [0.29, 0.717) is 6.04 Å². The second kappa shape index (κ2) is 5.94. The molecule has 1 aromatic carbocycles. The third-order valence-electron chi connectivity index (χ3n) is 2.53. The van der Waals surface area contributed by atoms with Crippen LogP contribution in [0.25, 0.3) is 0 Å². The summed E-state index contributed by atoms with van der Waals surface area (Å²) in [6.07, 6.45) is 1.03. The third kappa shape index (κ3) is 4.06. The molecule has 0 spiro atoms. The third-order valence-corrected chi connectivity index (χ3v) is 2.78. The Morgan fingerprint density at radius 1 is 1.40 bits per heavy atom. The first-order chi connectivity index (χ1) is 7.13. The number of hydrogen-bond donors (Lipinski definition) is 1. The van der Waals surface area contributed by atoms with Crippen molar-refractivity contribution in [1.82, 2.24) is 5.32 Å². The highest BCUT2D eigenvalue weighted by Crippen LogP contribution is 2.16. The van der Waals surface area contributed by atoms with E-state index in [0.717, 1.165) is 18.0 Å². The maximum atomic E-state index is 5.83. The molecular formula is C13H18ClN. The molecule has 0 aliphatic heterocycles. The van der Waals surface area contributed by atoms with Gasteiger partial charge in [-0.25, -0.2) is 0 Å². The Bertz CT molecular complexity index is 316. The SMILES string of the molecule is C=C(CC)CN[C@H](C)c1ccc(Cl)cc1. The molecule has 0 amide bonds. The summed E-state index contributed by atoms with van der Waals surface area (Å²) in [7, 11) is 0. The highest BCUT2D eigenvalue weighted by atomic mass is 35.5. The van der Waals surface area contributed by atoms with Gasteiger partial charge in [-0.3, -0.25) is 0 Å². The lowest BCUT2D eigenvalue weighted by molar-refractivity contribution is 0.602. The van der Waals surface area contributed by atoms with Crippen molar-refractivity contribution in [1.29, 1.82) is 0 Å². The zero-order valence-corrected chi connectivity index (χ0v) is 10.1. The molecule has 0 aliphatic carbocycles. The van der Waals surface area contributed by atoms with Crippen molar-refractivity contribution in [3.05, 3.63) is 47.0 Å². The summed E-state index contributed by atoms with van der Waals surface area (Å²) in [5.74, 6) is 0. The summed E-state index contributed by atoms with van der Waals surface area (Å²) in [5, 5.41) is 4.21. The van der Waals surface area contributed by atoms with Crippen LogP contribution in [0.2, 0.25) is 5.02 Å². The van der Waals surface area contributed by atoms with Crippen LogP contribution >= 0.6 is 11.6 Å². The van der Waals surface area contributed by atoms with Gasteiger partial charge in [0.15, 0.2) is 0 Å². The van der Waals surface area contributed by atoms with Gasteiger partial charge >= 0.3 is 0 Å². The molecule has 0 radical (unpaired) electrons. The maximum absolute atomic E-state index is 5.83. The smallest absolute Gasteiger partial charge is 0.0406 e. The highest BCUT2D eigenvalue weighted by molar-refractivity contribution is 6.30. The van der Waals surface area contributed by atoms with Crippen LogP contribution in [0.4, 0.5) is 0 Å². The average Bonchev–Trinajstić information content (AvgIpc) is 2.26. The van der Waals surface area contributed by atoms with Gasteiger partial charge in [0.25, 0.3) is 0 Å². The molecule has 1 atom stereocenters. The van der Waals surface area contributed by atoms with Crippen LogP contribution in [-0.2, 0) is 0 Å². The number of nitrogens with one attached hydrogen (secondary N) is 1. The molecule has 0 saturated heterocycles. The molecule has 2 heteroatoms. The molecular weight excluding hydrogens is 206 g/mol. The molecule has 0 bridgehead atoms. The van der Waals surface area contributed by atoms with E-state index in [1.165, 1.54) is 11.1 Å². The summed E-state index contributed by atoms with van der Waals surface area (Å²) in [6.45, 7) is 9.11. The van der Waals surface area contributed by atoms with Crippen molar-refractivity contribution in [3.8, 4) is 0 Å². The van der Waals surface area contributed by atoms with Crippen molar-refractivity contribution >= 4 is 11.6 Å². The van der Waals surface area contributed by atoms with Gasteiger partial charge in [0.2, 0.25) is 0 Å². The van der Waals surface area contributed by atoms with Gasteiger partial charge in [0.05, 0.1) is 0 Å². The minimum atomic E-state index is 0.338. The van der Waals surface area contributed by atoms with Gasteiger partial charge < -0.3 is 5.32 Å². The van der Waals surface area contributed by atoms with Crippen LogP contribution in [0, 0.1) is 0 Å². The van der Waals surface area contributed by atoms with Gasteiger partial charge in [0, 0.05) is 17.6 Å². The van der Waals surface area contributed by atoms with Crippen molar-refractivity contribution in [2.45, 2.75) is 26.3 Å². The van der Waals surface area contributed by atoms with Crippen LogP contribution in [0.5, 0.6) is 0 Å². The Balaban J connectivity index is 2.50. The van der Waals surface area contributed by atoms with Gasteiger partial charge in [-0.1, -0.05) is 42.8 Å². The number of hydrogen-bond acceptors (Lipinski definition) is 1. The lowest BCUT2D eigenvalue weighted by Gasteiger charge is -2.14. The fraction of sp³-hybridized carbons (Fsp3) is 0.385. The van der Waals surface area contributed by atoms with Crippen molar-refractivity contribution in [2.24, 2.45) is 0 Å². The first-order valence-corrected chi connectivity index (χ1v) is 5.66. The Labute approximate surface area is 97.1 Å². The van der Waals surface area contributed by atoms with Crippen molar-refractivity contribution in [3.63, 3.8) is 0 Å². The van der Waals surface area contributed by atoms with Crippen molar-refractivity contribution < 1.29 is 0 Å². The Hall–Kier alpha value is -0.790. The minimum absolute atomic E-state index is 0.338. The molecule has 0 unspecified atom stereocenters. The first-order valence-electron chi connectivity index (χ1n) is 5.29. The first kappa shape index (κ1) is 12.3. The quantitative estimate of drug-likeness (QED) is 0.746. The van der Waals surface area contributed by atoms with E-state index in [2.05, 4.69) is 37.9 Å². The van der Waals surface area contributed by atoms with Crippen LogP contribution in [0.1, 0.15) is 31.9 Å². The van der Waals surface area contributed by atoms with Crippen LogP contribution in [0.3, 0.4) is 0 Å². The van der Waals surface area contributed by atoms with E-state index in [9.17, 15) is 0 Å². The summed E-state index contributed by atoms with van der Waals surface area (Å²) < 4.78 is 0. The van der Waals surface area contributed by atoms with Gasteiger partial charge in [0.1, 0.15) is 0 Å². The van der Waals surface area contributed by atoms with E-state index < -0.39 is 0 Å². The monoisotopic (exact) mass is 223 g/mol. The highest BCUT2D eigenvalue weighted by Gasteiger charge is 2.04. The molecule has 0 aliphatic rings. The molecule has 0 aromatic heterocycles. The second-order valence-corrected chi connectivity index (χ2v) is 4.19. The lowest BCUT2D eigenvalue weighted by Crippen LogP contribution is -2.20. The summed E-state index contributed by atoms with van der Waals surface area (Å²) in [4.78, 5) is 0. The van der Waals surface area contributed by atoms with Gasteiger partial charge in [-0.15, -0.1) is 0 Å². The second-order valence-electron chi connectivity index (χ2n) is 3.76. The Morgan fingerprint density at radius 2 is 2.00 bits per heavy atom. The largest absolute Gasteiger partial charge is 0.306 e. The normalized spacial score (nSPS) is 12.5.